The van der Waals surface area contributed by atoms with E-state index in [0.29, 0.717) is 12.1 Å². The van der Waals surface area contributed by atoms with Gasteiger partial charge in [0.2, 0.25) is 11.8 Å². The summed E-state index contributed by atoms with van der Waals surface area (Å²) in [6, 6.07) is 12.7. The van der Waals surface area contributed by atoms with E-state index in [4.69, 9.17) is 0 Å². The topological polar surface area (TPSA) is 90.0 Å². The maximum absolute atomic E-state index is 14.0. The van der Waals surface area contributed by atoms with E-state index >= 15 is 0 Å². The van der Waals surface area contributed by atoms with Crippen molar-refractivity contribution >= 4 is 27.7 Å². The molecular weight excluding hydrogens is 500 g/mol. The molecular formula is C29H42N4O4S. The molecule has 2 amide bonds. The van der Waals surface area contributed by atoms with E-state index in [9.17, 15) is 18.0 Å². The third-order valence-electron chi connectivity index (χ3n) is 7.18. The zero-order chi connectivity index (χ0) is 28.0. The van der Waals surface area contributed by atoms with Crippen molar-refractivity contribution in [1.29, 1.82) is 0 Å². The van der Waals surface area contributed by atoms with Gasteiger partial charge >= 0.3 is 10.2 Å². The van der Waals surface area contributed by atoms with Gasteiger partial charge in [0.05, 0.1) is 5.69 Å². The highest BCUT2D eigenvalue weighted by molar-refractivity contribution is 7.90. The molecule has 1 fully saturated rings. The van der Waals surface area contributed by atoms with Crippen LogP contribution in [0.3, 0.4) is 0 Å². The molecule has 1 aliphatic carbocycles. The highest BCUT2D eigenvalue weighted by Gasteiger charge is 2.35. The number of amides is 2. The lowest BCUT2D eigenvalue weighted by Gasteiger charge is -2.34. The molecule has 0 aliphatic heterocycles. The van der Waals surface area contributed by atoms with Crippen LogP contribution in [0.1, 0.15) is 61.3 Å². The largest absolute Gasteiger partial charge is 0.352 e. The first-order chi connectivity index (χ1) is 17.9. The molecule has 1 aliphatic rings. The Balaban J connectivity index is 2.00. The molecule has 1 N–H and O–H groups in total. The van der Waals surface area contributed by atoms with E-state index in [2.05, 4.69) is 5.32 Å². The molecule has 0 spiro atoms. The summed E-state index contributed by atoms with van der Waals surface area (Å²) in [6.07, 6.45) is 4.47. The van der Waals surface area contributed by atoms with Crippen LogP contribution in [0.2, 0.25) is 0 Å². The van der Waals surface area contributed by atoms with E-state index in [1.807, 2.05) is 64.1 Å². The lowest BCUT2D eigenvalue weighted by Crippen LogP contribution is -2.54. The Hall–Kier alpha value is -2.91. The number of rotatable bonds is 11. The Morgan fingerprint density at radius 1 is 1.00 bits per heavy atom. The number of carbonyl (C=O) groups excluding carboxylic acids is 2. The molecule has 9 heteroatoms. The summed E-state index contributed by atoms with van der Waals surface area (Å²) in [5.41, 5.74) is 4.01. The van der Waals surface area contributed by atoms with Crippen LogP contribution in [0.5, 0.6) is 0 Å². The lowest BCUT2D eigenvalue weighted by atomic mass is 10.1. The van der Waals surface area contributed by atoms with Gasteiger partial charge in [0.25, 0.3) is 0 Å². The number of nitrogens with one attached hydrogen (secondary N) is 1. The first-order valence-corrected chi connectivity index (χ1v) is 14.8. The standard InChI is InChI=1S/C29H42N4O4S/c1-7-26(29(35)30-25-13-8-9-14-25)32(19-24-12-10-11-21(2)17-24)28(34)20-33(38(36,37)31(5)6)27-18-22(3)15-16-23(27)4/h10-12,15-18,25-26H,7-9,13-14,19-20H2,1-6H3,(H,30,35)/t26-/m0/s1. The van der Waals surface area contributed by atoms with E-state index in [1.54, 1.807) is 11.0 Å². The third-order valence-corrected chi connectivity index (χ3v) is 8.98. The molecule has 3 rings (SSSR count). The summed E-state index contributed by atoms with van der Waals surface area (Å²) < 4.78 is 29.2. The van der Waals surface area contributed by atoms with Gasteiger partial charge in [0.1, 0.15) is 12.6 Å². The van der Waals surface area contributed by atoms with Gasteiger partial charge in [0.15, 0.2) is 0 Å². The maximum atomic E-state index is 14.0. The molecule has 2 aromatic carbocycles. The van der Waals surface area contributed by atoms with Crippen molar-refractivity contribution in [2.45, 2.75) is 78.4 Å². The quantitative estimate of drug-likeness (QED) is 0.463. The second-order valence-corrected chi connectivity index (χ2v) is 12.6. The molecule has 1 atom stereocenters. The fourth-order valence-electron chi connectivity index (χ4n) is 4.98. The second-order valence-electron chi connectivity index (χ2n) is 10.5. The van der Waals surface area contributed by atoms with Crippen LogP contribution in [-0.4, -0.2) is 62.2 Å². The van der Waals surface area contributed by atoms with Crippen molar-refractivity contribution in [3.63, 3.8) is 0 Å². The van der Waals surface area contributed by atoms with Gasteiger partial charge in [0, 0.05) is 26.7 Å². The van der Waals surface area contributed by atoms with Crippen LogP contribution in [0.4, 0.5) is 5.69 Å². The molecule has 0 radical (unpaired) electrons. The van der Waals surface area contributed by atoms with E-state index in [-0.39, 0.29) is 18.5 Å². The zero-order valence-electron chi connectivity index (χ0n) is 23.5. The first kappa shape index (κ1) is 29.6. The summed E-state index contributed by atoms with van der Waals surface area (Å²) in [6.45, 7) is 7.37. The number of anilines is 1. The summed E-state index contributed by atoms with van der Waals surface area (Å²) in [4.78, 5) is 29.0. The average Bonchev–Trinajstić information content (AvgIpc) is 3.36. The Morgan fingerprint density at radius 2 is 1.66 bits per heavy atom. The smallest absolute Gasteiger partial charge is 0.304 e. The van der Waals surface area contributed by atoms with E-state index in [1.165, 1.54) is 14.1 Å². The Morgan fingerprint density at radius 3 is 2.26 bits per heavy atom. The van der Waals surface area contributed by atoms with Crippen molar-refractivity contribution in [3.8, 4) is 0 Å². The van der Waals surface area contributed by atoms with E-state index < -0.39 is 28.7 Å². The fraction of sp³-hybridized carbons (Fsp3) is 0.517. The van der Waals surface area contributed by atoms with Crippen LogP contribution < -0.4 is 9.62 Å². The molecule has 2 aromatic rings. The first-order valence-electron chi connectivity index (χ1n) is 13.4. The van der Waals surface area contributed by atoms with E-state index in [0.717, 1.165) is 56.5 Å². The van der Waals surface area contributed by atoms with Gasteiger partial charge in [-0.05, 0) is 62.8 Å². The van der Waals surface area contributed by atoms with Gasteiger partial charge < -0.3 is 10.2 Å². The van der Waals surface area contributed by atoms with Gasteiger partial charge in [-0.1, -0.05) is 61.7 Å². The molecule has 38 heavy (non-hydrogen) atoms. The summed E-state index contributed by atoms with van der Waals surface area (Å²) in [5, 5.41) is 3.14. The molecule has 208 valence electrons. The van der Waals surface area contributed by atoms with Crippen molar-refractivity contribution < 1.29 is 18.0 Å². The Labute approximate surface area is 228 Å². The minimum Gasteiger partial charge on any atom is -0.352 e. The predicted octanol–water partition coefficient (Wildman–Crippen LogP) is 4.09. The summed E-state index contributed by atoms with van der Waals surface area (Å²) in [5.74, 6) is -0.611. The molecule has 1 saturated carbocycles. The SMILES string of the molecule is CC[C@@H](C(=O)NC1CCCC1)N(Cc1cccc(C)c1)C(=O)CN(c1cc(C)ccc1C)S(=O)(=O)N(C)C. The van der Waals surface area contributed by atoms with Crippen LogP contribution in [0.25, 0.3) is 0 Å². The van der Waals surface area contributed by atoms with Gasteiger partial charge in [-0.15, -0.1) is 0 Å². The summed E-state index contributed by atoms with van der Waals surface area (Å²) >= 11 is 0. The van der Waals surface area contributed by atoms with Gasteiger partial charge in [-0.2, -0.15) is 12.7 Å². The van der Waals surface area contributed by atoms with Crippen molar-refractivity contribution in [2.24, 2.45) is 0 Å². The monoisotopic (exact) mass is 542 g/mol. The average molecular weight is 543 g/mol. The van der Waals surface area contributed by atoms with Crippen LogP contribution in [0, 0.1) is 20.8 Å². The van der Waals surface area contributed by atoms with Crippen molar-refractivity contribution in [3.05, 3.63) is 64.7 Å². The second kappa shape index (κ2) is 12.8. The highest BCUT2D eigenvalue weighted by atomic mass is 32.2. The molecule has 0 unspecified atom stereocenters. The van der Waals surface area contributed by atoms with Crippen LogP contribution in [0.15, 0.2) is 42.5 Å². The number of aryl methyl sites for hydroxylation is 3. The summed E-state index contributed by atoms with van der Waals surface area (Å²) in [7, 11) is -1.09. The Kier molecular flexibility index (Phi) is 9.95. The normalized spacial score (nSPS) is 14.9. The zero-order valence-corrected chi connectivity index (χ0v) is 24.3. The Bertz CT molecular complexity index is 1240. The molecule has 0 bridgehead atoms. The van der Waals surface area contributed by atoms with Crippen LogP contribution >= 0.6 is 0 Å². The van der Waals surface area contributed by atoms with Gasteiger partial charge in [-0.25, -0.2) is 4.31 Å². The predicted molar refractivity (Wildman–Crippen MR) is 152 cm³/mol. The number of hydrogen-bond donors (Lipinski definition) is 1. The maximum Gasteiger partial charge on any atom is 0.304 e. The van der Waals surface area contributed by atoms with Gasteiger partial charge in [-0.3, -0.25) is 9.59 Å². The van der Waals surface area contributed by atoms with Crippen molar-refractivity contribution in [2.75, 3.05) is 24.9 Å². The minimum atomic E-state index is -3.99. The van der Waals surface area contributed by atoms with Crippen LogP contribution in [-0.2, 0) is 26.3 Å². The highest BCUT2D eigenvalue weighted by Crippen LogP contribution is 2.26. The third kappa shape index (κ3) is 7.14. The molecule has 8 nitrogen and oxygen atoms in total. The fourth-order valence-corrected chi connectivity index (χ4v) is 6.10. The number of nitrogens with zero attached hydrogens (tertiary/aromatic N) is 3. The number of benzene rings is 2. The van der Waals surface area contributed by atoms with Crippen molar-refractivity contribution in [1.82, 2.24) is 14.5 Å². The number of hydrogen-bond acceptors (Lipinski definition) is 4. The molecule has 0 saturated heterocycles. The molecule has 0 heterocycles. The molecule has 0 aromatic heterocycles. The minimum absolute atomic E-state index is 0.119. The number of carbonyl (C=O) groups is 2. The lowest BCUT2D eigenvalue weighted by molar-refractivity contribution is -0.140.